The SMILES string of the molecule is CCCCCCCCCCCCCC/C=C\CCCCCCCCCCCCCCC(=O)NC(CO)C(O)C(O)CCC/C=C/CCCCCCCCCCCCCCCC. The van der Waals surface area contributed by atoms with Crippen molar-refractivity contribution in [1.29, 1.82) is 0 Å². The number of unbranched alkanes of at least 4 members (excludes halogenated alkanes) is 39. The van der Waals surface area contributed by atoms with E-state index in [0.29, 0.717) is 12.8 Å². The number of amides is 1. The number of aliphatic hydroxyl groups is 3. The molecule has 0 aromatic heterocycles. The first-order chi connectivity index (χ1) is 30.1. The van der Waals surface area contributed by atoms with Gasteiger partial charge in [-0.2, -0.15) is 0 Å². The predicted molar refractivity (Wildman–Crippen MR) is 268 cm³/mol. The van der Waals surface area contributed by atoms with Crippen molar-refractivity contribution in [2.75, 3.05) is 6.61 Å². The molecule has 0 aliphatic heterocycles. The molecule has 0 saturated heterocycles. The maximum atomic E-state index is 12.5. The zero-order chi connectivity index (χ0) is 44.4. The maximum absolute atomic E-state index is 12.5. The van der Waals surface area contributed by atoms with Crippen molar-refractivity contribution in [1.82, 2.24) is 5.32 Å². The lowest BCUT2D eigenvalue weighted by Gasteiger charge is -2.26. The largest absolute Gasteiger partial charge is 0.394 e. The van der Waals surface area contributed by atoms with E-state index in [-0.39, 0.29) is 12.5 Å². The average Bonchev–Trinajstić information content (AvgIpc) is 3.26. The normalized spacial score (nSPS) is 13.5. The van der Waals surface area contributed by atoms with E-state index in [1.54, 1.807) is 0 Å². The number of carbonyl (C=O) groups is 1. The van der Waals surface area contributed by atoms with Gasteiger partial charge in [-0.05, 0) is 64.2 Å². The number of hydrogen-bond donors (Lipinski definition) is 4. The van der Waals surface area contributed by atoms with Crippen molar-refractivity contribution in [3.05, 3.63) is 24.3 Å². The molecular weight excluding hydrogens is 751 g/mol. The average molecular weight is 860 g/mol. The Morgan fingerprint density at radius 1 is 0.393 bits per heavy atom. The van der Waals surface area contributed by atoms with E-state index in [1.807, 2.05) is 0 Å². The lowest BCUT2D eigenvalue weighted by atomic mass is 10.0. The van der Waals surface area contributed by atoms with Crippen LogP contribution in [0.2, 0.25) is 0 Å². The summed E-state index contributed by atoms with van der Waals surface area (Å²) >= 11 is 0. The molecule has 0 aromatic rings. The first-order valence-corrected chi connectivity index (χ1v) is 27.6. The molecule has 5 heteroatoms. The van der Waals surface area contributed by atoms with Crippen LogP contribution in [-0.4, -0.2) is 46.1 Å². The standard InChI is InChI=1S/C56H109NO4/c1-3-5-7-9-11-13-15-17-19-21-23-24-25-26-27-28-29-30-31-33-35-37-39-41-43-45-47-49-51-55(60)57-53(52-58)56(61)54(59)50-48-46-44-42-40-38-36-34-32-22-20-18-16-14-12-10-8-6-4-2/h26-27,42,44,53-54,56,58-59,61H,3-25,28-41,43,45-52H2,1-2H3,(H,57,60)/b27-26-,44-42+. The first-order valence-electron chi connectivity index (χ1n) is 27.6. The van der Waals surface area contributed by atoms with Gasteiger partial charge in [-0.25, -0.2) is 0 Å². The summed E-state index contributed by atoms with van der Waals surface area (Å²) in [6.07, 6.45) is 64.7. The number of nitrogens with one attached hydrogen (secondary N) is 1. The Bertz CT molecular complexity index is 905. The summed E-state index contributed by atoms with van der Waals surface area (Å²) in [5, 5.41) is 33.7. The summed E-state index contributed by atoms with van der Waals surface area (Å²) in [6, 6.07) is -0.825. The van der Waals surface area contributed by atoms with Crippen LogP contribution in [0, 0.1) is 0 Å². The van der Waals surface area contributed by atoms with E-state index in [1.165, 1.54) is 238 Å². The Labute approximate surface area is 382 Å². The molecule has 0 bridgehead atoms. The smallest absolute Gasteiger partial charge is 0.220 e. The number of hydrogen-bond acceptors (Lipinski definition) is 4. The van der Waals surface area contributed by atoms with Crippen LogP contribution in [0.3, 0.4) is 0 Å². The molecule has 0 saturated carbocycles. The van der Waals surface area contributed by atoms with E-state index in [4.69, 9.17) is 0 Å². The van der Waals surface area contributed by atoms with E-state index < -0.39 is 18.2 Å². The fourth-order valence-electron chi connectivity index (χ4n) is 8.75. The van der Waals surface area contributed by atoms with Gasteiger partial charge < -0.3 is 20.6 Å². The predicted octanol–water partition coefficient (Wildman–Crippen LogP) is 16.9. The summed E-state index contributed by atoms with van der Waals surface area (Å²) in [5.74, 6) is -0.150. The molecule has 0 spiro atoms. The number of rotatable bonds is 51. The Balaban J connectivity index is 3.55. The molecule has 0 aromatic carbocycles. The minimum absolute atomic E-state index is 0.150. The molecule has 5 nitrogen and oxygen atoms in total. The summed E-state index contributed by atoms with van der Waals surface area (Å²) in [6.45, 7) is 4.20. The van der Waals surface area contributed by atoms with Crippen LogP contribution >= 0.6 is 0 Å². The van der Waals surface area contributed by atoms with Crippen LogP contribution in [0.25, 0.3) is 0 Å². The second-order valence-electron chi connectivity index (χ2n) is 19.1. The highest BCUT2D eigenvalue weighted by Gasteiger charge is 2.26. The molecule has 0 heterocycles. The Morgan fingerprint density at radius 2 is 0.656 bits per heavy atom. The van der Waals surface area contributed by atoms with Gasteiger partial charge >= 0.3 is 0 Å². The topological polar surface area (TPSA) is 89.8 Å². The van der Waals surface area contributed by atoms with Crippen molar-refractivity contribution in [2.45, 2.75) is 321 Å². The van der Waals surface area contributed by atoms with E-state index in [2.05, 4.69) is 43.5 Å². The highest BCUT2D eigenvalue weighted by Crippen LogP contribution is 2.17. The molecule has 3 unspecified atom stereocenters. The fraction of sp³-hybridized carbons (Fsp3) is 0.911. The third-order valence-corrected chi connectivity index (χ3v) is 13.0. The number of allylic oxidation sites excluding steroid dienone is 4. The van der Waals surface area contributed by atoms with Gasteiger partial charge in [-0.3, -0.25) is 4.79 Å². The number of aliphatic hydroxyl groups excluding tert-OH is 3. The molecule has 61 heavy (non-hydrogen) atoms. The van der Waals surface area contributed by atoms with Crippen molar-refractivity contribution < 1.29 is 20.1 Å². The van der Waals surface area contributed by atoms with Gasteiger partial charge in [0.1, 0.15) is 6.10 Å². The van der Waals surface area contributed by atoms with Gasteiger partial charge in [0.15, 0.2) is 0 Å². The monoisotopic (exact) mass is 860 g/mol. The van der Waals surface area contributed by atoms with Crippen molar-refractivity contribution in [3.8, 4) is 0 Å². The quantitative estimate of drug-likeness (QED) is 0.0362. The van der Waals surface area contributed by atoms with Crippen molar-refractivity contribution in [3.63, 3.8) is 0 Å². The molecule has 0 fully saturated rings. The van der Waals surface area contributed by atoms with Gasteiger partial charge in [-0.15, -0.1) is 0 Å². The molecule has 1 amide bonds. The number of carbonyl (C=O) groups excluding carboxylic acids is 1. The van der Waals surface area contributed by atoms with Crippen molar-refractivity contribution >= 4 is 5.91 Å². The van der Waals surface area contributed by atoms with E-state index in [9.17, 15) is 20.1 Å². The van der Waals surface area contributed by atoms with Crippen molar-refractivity contribution in [2.24, 2.45) is 0 Å². The van der Waals surface area contributed by atoms with Crippen LogP contribution in [0.15, 0.2) is 24.3 Å². The molecule has 362 valence electrons. The molecule has 0 rings (SSSR count). The highest BCUT2D eigenvalue weighted by molar-refractivity contribution is 5.76. The van der Waals surface area contributed by atoms with Crippen LogP contribution in [-0.2, 0) is 4.79 Å². The lowest BCUT2D eigenvalue weighted by Crippen LogP contribution is -2.50. The summed E-state index contributed by atoms with van der Waals surface area (Å²) < 4.78 is 0. The lowest BCUT2D eigenvalue weighted by molar-refractivity contribution is -0.124. The van der Waals surface area contributed by atoms with Gasteiger partial charge in [-0.1, -0.05) is 256 Å². The minimum atomic E-state index is -1.16. The zero-order valence-corrected chi connectivity index (χ0v) is 41.3. The van der Waals surface area contributed by atoms with Gasteiger partial charge in [0.2, 0.25) is 5.91 Å². The first kappa shape index (κ1) is 59.8. The molecule has 0 aliphatic rings. The molecule has 3 atom stereocenters. The van der Waals surface area contributed by atoms with Crippen LogP contribution in [0.1, 0.15) is 303 Å². The van der Waals surface area contributed by atoms with Crippen LogP contribution < -0.4 is 5.32 Å². The van der Waals surface area contributed by atoms with Crippen LogP contribution in [0.4, 0.5) is 0 Å². The molecule has 0 radical (unpaired) electrons. The third-order valence-electron chi connectivity index (χ3n) is 13.0. The maximum Gasteiger partial charge on any atom is 0.220 e. The molecular formula is C56H109NO4. The third kappa shape index (κ3) is 46.6. The van der Waals surface area contributed by atoms with E-state index in [0.717, 1.165) is 38.5 Å². The van der Waals surface area contributed by atoms with Gasteiger partial charge in [0.05, 0.1) is 18.8 Å². The van der Waals surface area contributed by atoms with E-state index >= 15 is 0 Å². The summed E-state index contributed by atoms with van der Waals surface area (Å²) in [5.41, 5.74) is 0. The van der Waals surface area contributed by atoms with Gasteiger partial charge in [0.25, 0.3) is 0 Å². The minimum Gasteiger partial charge on any atom is -0.394 e. The second-order valence-corrected chi connectivity index (χ2v) is 19.1. The Kier molecular flexibility index (Phi) is 50.5. The second kappa shape index (κ2) is 51.5. The van der Waals surface area contributed by atoms with Crippen LogP contribution in [0.5, 0.6) is 0 Å². The fourth-order valence-corrected chi connectivity index (χ4v) is 8.75. The Morgan fingerprint density at radius 3 is 0.951 bits per heavy atom. The Hall–Kier alpha value is -1.17. The zero-order valence-electron chi connectivity index (χ0n) is 41.3. The highest BCUT2D eigenvalue weighted by atomic mass is 16.3. The summed E-state index contributed by atoms with van der Waals surface area (Å²) in [7, 11) is 0. The van der Waals surface area contributed by atoms with Gasteiger partial charge in [0, 0.05) is 6.42 Å². The molecule has 0 aliphatic carbocycles. The molecule has 4 N–H and O–H groups in total. The summed E-state index contributed by atoms with van der Waals surface area (Å²) in [4.78, 5) is 12.5.